The minimum absolute atomic E-state index is 0.232. The van der Waals surface area contributed by atoms with Crippen molar-refractivity contribution in [3.63, 3.8) is 0 Å². The summed E-state index contributed by atoms with van der Waals surface area (Å²) in [5.74, 6) is 0. The quantitative estimate of drug-likeness (QED) is 0.791. The van der Waals surface area contributed by atoms with Crippen LogP contribution in [0.5, 0.6) is 0 Å². The summed E-state index contributed by atoms with van der Waals surface area (Å²) in [6.07, 6.45) is 9.51. The number of ether oxygens (including phenoxy) is 1. The molecule has 1 saturated heterocycles. The van der Waals surface area contributed by atoms with Crippen LogP contribution in [0.1, 0.15) is 56.1 Å². The van der Waals surface area contributed by atoms with Crippen molar-refractivity contribution < 1.29 is 4.74 Å². The molecular weight excluding hydrogens is 326 g/mol. The van der Waals surface area contributed by atoms with Crippen molar-refractivity contribution in [2.45, 2.75) is 70.5 Å². The summed E-state index contributed by atoms with van der Waals surface area (Å²) in [6.45, 7) is 5.22. The lowest BCUT2D eigenvalue weighted by Gasteiger charge is -2.33. The van der Waals surface area contributed by atoms with Crippen molar-refractivity contribution in [2.75, 3.05) is 11.9 Å². The fourth-order valence-electron chi connectivity index (χ4n) is 3.88. The third-order valence-corrected chi connectivity index (χ3v) is 6.32. The van der Waals surface area contributed by atoms with E-state index in [1.807, 2.05) is 0 Å². The number of hydrogen-bond acceptors (Lipinski definition) is 2. The van der Waals surface area contributed by atoms with E-state index in [1.54, 1.807) is 0 Å². The van der Waals surface area contributed by atoms with Gasteiger partial charge >= 0.3 is 0 Å². The smallest absolute Gasteiger partial charge is 0.0756 e. The Hall–Kier alpha value is -0.540. The monoisotopic (exact) mass is 351 g/mol. The van der Waals surface area contributed by atoms with Gasteiger partial charge < -0.3 is 10.1 Å². The van der Waals surface area contributed by atoms with Crippen LogP contribution in [0.2, 0.25) is 0 Å². The van der Waals surface area contributed by atoms with Crippen molar-refractivity contribution in [1.29, 1.82) is 0 Å². The van der Waals surface area contributed by atoms with Gasteiger partial charge in [-0.15, -0.1) is 0 Å². The molecule has 116 valence electrons. The van der Waals surface area contributed by atoms with Gasteiger partial charge in [0.15, 0.2) is 0 Å². The molecule has 2 fully saturated rings. The number of anilines is 1. The molecule has 1 saturated carbocycles. The van der Waals surface area contributed by atoms with Crippen LogP contribution in [-0.4, -0.2) is 18.2 Å². The summed E-state index contributed by atoms with van der Waals surface area (Å²) in [6, 6.07) is 4.42. The van der Waals surface area contributed by atoms with Crippen LogP contribution in [0.3, 0.4) is 0 Å². The lowest BCUT2D eigenvalue weighted by molar-refractivity contribution is -0.0588. The summed E-state index contributed by atoms with van der Waals surface area (Å²) in [4.78, 5) is 0. The Morgan fingerprint density at radius 2 is 1.81 bits per heavy atom. The summed E-state index contributed by atoms with van der Waals surface area (Å²) >= 11 is 3.63. The Morgan fingerprint density at radius 3 is 2.48 bits per heavy atom. The van der Waals surface area contributed by atoms with Gasteiger partial charge in [-0.2, -0.15) is 0 Å². The van der Waals surface area contributed by atoms with Crippen molar-refractivity contribution in [3.05, 3.63) is 27.7 Å². The first-order valence-electron chi connectivity index (χ1n) is 8.26. The van der Waals surface area contributed by atoms with Crippen LogP contribution < -0.4 is 5.32 Å². The summed E-state index contributed by atoms with van der Waals surface area (Å²) in [5, 5.41) is 3.57. The topological polar surface area (TPSA) is 21.3 Å². The molecule has 0 amide bonds. The minimum Gasteiger partial charge on any atom is -0.382 e. The zero-order valence-corrected chi connectivity index (χ0v) is 14.8. The molecule has 1 unspecified atom stereocenters. The lowest BCUT2D eigenvalue weighted by Crippen LogP contribution is -2.33. The van der Waals surface area contributed by atoms with Crippen LogP contribution in [0, 0.1) is 13.8 Å². The zero-order chi connectivity index (χ0) is 14.9. The molecule has 2 aliphatic rings. The van der Waals surface area contributed by atoms with Crippen molar-refractivity contribution in [2.24, 2.45) is 0 Å². The molecule has 0 aromatic heterocycles. The maximum absolute atomic E-state index is 6.42. The largest absolute Gasteiger partial charge is 0.382 e. The van der Waals surface area contributed by atoms with Crippen LogP contribution in [0.4, 0.5) is 5.69 Å². The first-order chi connectivity index (χ1) is 10.1. The van der Waals surface area contributed by atoms with Crippen molar-refractivity contribution in [1.82, 2.24) is 0 Å². The molecule has 21 heavy (non-hydrogen) atoms. The number of halogens is 1. The molecule has 3 heteroatoms. The summed E-state index contributed by atoms with van der Waals surface area (Å²) in [5.41, 5.74) is 4.01. The van der Waals surface area contributed by atoms with E-state index in [0.717, 1.165) is 6.54 Å². The molecule has 1 spiro atoms. The predicted molar refractivity (Wildman–Crippen MR) is 92.0 cm³/mol. The van der Waals surface area contributed by atoms with Crippen LogP contribution in [0.25, 0.3) is 0 Å². The fraction of sp³-hybridized carbons (Fsp3) is 0.667. The Morgan fingerprint density at radius 1 is 1.14 bits per heavy atom. The molecule has 0 radical (unpaired) electrons. The van der Waals surface area contributed by atoms with Crippen molar-refractivity contribution >= 4 is 21.6 Å². The standard InChI is InChI=1S/C18H26BrNO/c1-13-10-15(11-14(2)17(13)19)20-12-16-6-9-18(21-16)7-4-3-5-8-18/h10-11,16,20H,3-9,12H2,1-2H3. The number of hydrogen-bond donors (Lipinski definition) is 1. The molecule has 1 aromatic carbocycles. The van der Waals surface area contributed by atoms with Gasteiger partial charge in [0.1, 0.15) is 0 Å². The maximum Gasteiger partial charge on any atom is 0.0756 e. The first-order valence-corrected chi connectivity index (χ1v) is 9.06. The zero-order valence-electron chi connectivity index (χ0n) is 13.2. The second-order valence-corrected chi connectivity index (χ2v) is 7.62. The van der Waals surface area contributed by atoms with E-state index in [-0.39, 0.29) is 5.60 Å². The van der Waals surface area contributed by atoms with Gasteiger partial charge in [0.05, 0.1) is 11.7 Å². The van der Waals surface area contributed by atoms with E-state index in [4.69, 9.17) is 4.74 Å². The highest BCUT2D eigenvalue weighted by Crippen LogP contribution is 2.41. The molecular formula is C18H26BrNO. The SMILES string of the molecule is Cc1cc(NCC2CCC3(CCCCC3)O2)cc(C)c1Br. The molecule has 1 atom stereocenters. The minimum atomic E-state index is 0.232. The van der Waals surface area contributed by atoms with E-state index >= 15 is 0 Å². The van der Waals surface area contributed by atoms with E-state index in [0.29, 0.717) is 6.10 Å². The highest BCUT2D eigenvalue weighted by Gasteiger charge is 2.40. The van der Waals surface area contributed by atoms with E-state index in [9.17, 15) is 0 Å². The lowest BCUT2D eigenvalue weighted by atomic mass is 9.83. The molecule has 3 rings (SSSR count). The number of rotatable bonds is 3. The fourth-order valence-corrected chi connectivity index (χ4v) is 4.11. The Balaban J connectivity index is 1.56. The number of nitrogens with one attached hydrogen (secondary N) is 1. The van der Waals surface area contributed by atoms with Crippen LogP contribution in [0.15, 0.2) is 16.6 Å². The normalized spacial score (nSPS) is 24.4. The average molecular weight is 352 g/mol. The second kappa shape index (κ2) is 6.29. The molecule has 1 aliphatic heterocycles. The van der Waals surface area contributed by atoms with E-state index in [2.05, 4.69) is 47.2 Å². The molecule has 0 bridgehead atoms. The molecule has 1 heterocycles. The maximum atomic E-state index is 6.42. The highest BCUT2D eigenvalue weighted by molar-refractivity contribution is 9.10. The molecule has 1 aliphatic carbocycles. The Labute approximate surface area is 136 Å². The van der Waals surface area contributed by atoms with E-state index < -0.39 is 0 Å². The van der Waals surface area contributed by atoms with Gasteiger partial charge in [0.25, 0.3) is 0 Å². The first kappa shape index (κ1) is 15.4. The number of benzene rings is 1. The van der Waals surface area contributed by atoms with Crippen LogP contribution >= 0.6 is 15.9 Å². The number of aryl methyl sites for hydroxylation is 2. The predicted octanol–water partition coefficient (Wildman–Crippen LogP) is 5.36. The molecule has 1 N–H and O–H groups in total. The van der Waals surface area contributed by atoms with Gasteiger partial charge in [0.2, 0.25) is 0 Å². The third-order valence-electron chi connectivity index (χ3n) is 5.07. The summed E-state index contributed by atoms with van der Waals surface area (Å²) in [7, 11) is 0. The van der Waals surface area contributed by atoms with Crippen LogP contribution in [-0.2, 0) is 4.74 Å². The second-order valence-electron chi connectivity index (χ2n) is 6.83. The molecule has 2 nitrogen and oxygen atoms in total. The molecule has 1 aromatic rings. The van der Waals surface area contributed by atoms with Gasteiger partial charge in [0, 0.05) is 16.7 Å². The van der Waals surface area contributed by atoms with Crippen molar-refractivity contribution in [3.8, 4) is 0 Å². The van der Waals surface area contributed by atoms with E-state index in [1.165, 1.54) is 66.2 Å². The van der Waals surface area contributed by atoms with Gasteiger partial charge in [-0.1, -0.05) is 35.2 Å². The van der Waals surface area contributed by atoms with Gasteiger partial charge in [-0.3, -0.25) is 0 Å². The average Bonchev–Trinajstić information content (AvgIpc) is 2.86. The Kier molecular flexibility index (Phi) is 4.60. The third kappa shape index (κ3) is 3.45. The summed E-state index contributed by atoms with van der Waals surface area (Å²) < 4.78 is 7.64. The Bertz CT molecular complexity index is 485. The highest BCUT2D eigenvalue weighted by atomic mass is 79.9. The van der Waals surface area contributed by atoms with Gasteiger partial charge in [-0.25, -0.2) is 0 Å². The van der Waals surface area contributed by atoms with Gasteiger partial charge in [-0.05, 0) is 62.8 Å².